The lowest BCUT2D eigenvalue weighted by Crippen LogP contribution is -2.07. The summed E-state index contributed by atoms with van der Waals surface area (Å²) >= 11 is 0. The van der Waals surface area contributed by atoms with Gasteiger partial charge in [0.1, 0.15) is 5.75 Å². The molecule has 0 aromatic heterocycles. The standard InChI is InChI=1S/C15H21NO3/c1-5-12(15(17)19-4)8-9-16-14-7-6-13(18-3)10-11(14)2/h6-8,10,16H,5,9H2,1-4H3/b12-8-. The molecule has 0 atom stereocenters. The number of hydrogen-bond donors (Lipinski definition) is 1. The summed E-state index contributed by atoms with van der Waals surface area (Å²) in [4.78, 5) is 11.4. The number of methoxy groups -OCH3 is 2. The molecular weight excluding hydrogens is 242 g/mol. The van der Waals surface area contributed by atoms with Crippen LogP contribution in [0.15, 0.2) is 29.8 Å². The van der Waals surface area contributed by atoms with Gasteiger partial charge < -0.3 is 14.8 Å². The maximum atomic E-state index is 11.4. The van der Waals surface area contributed by atoms with Crippen molar-refractivity contribution in [3.05, 3.63) is 35.4 Å². The molecule has 0 heterocycles. The number of rotatable bonds is 6. The Morgan fingerprint density at radius 1 is 1.37 bits per heavy atom. The Morgan fingerprint density at radius 2 is 2.11 bits per heavy atom. The van der Waals surface area contributed by atoms with Gasteiger partial charge in [-0.2, -0.15) is 0 Å². The molecule has 0 amide bonds. The fourth-order valence-electron chi connectivity index (χ4n) is 1.75. The van der Waals surface area contributed by atoms with E-state index in [1.54, 1.807) is 7.11 Å². The monoisotopic (exact) mass is 263 g/mol. The maximum absolute atomic E-state index is 11.4. The highest BCUT2D eigenvalue weighted by Gasteiger charge is 2.06. The number of anilines is 1. The SMILES string of the molecule is CC/C(=C/CNc1ccc(OC)cc1C)C(=O)OC. The number of ether oxygens (including phenoxy) is 2. The van der Waals surface area contributed by atoms with Crippen LogP contribution in [-0.4, -0.2) is 26.7 Å². The minimum Gasteiger partial charge on any atom is -0.497 e. The zero-order chi connectivity index (χ0) is 14.3. The van der Waals surface area contributed by atoms with Crippen LogP contribution in [0.5, 0.6) is 5.75 Å². The number of hydrogen-bond acceptors (Lipinski definition) is 4. The minimum atomic E-state index is -0.268. The molecule has 19 heavy (non-hydrogen) atoms. The molecule has 1 aromatic rings. The molecule has 0 fully saturated rings. The number of nitrogens with one attached hydrogen (secondary N) is 1. The minimum absolute atomic E-state index is 0.268. The Morgan fingerprint density at radius 3 is 2.63 bits per heavy atom. The summed E-state index contributed by atoms with van der Waals surface area (Å²) in [7, 11) is 3.04. The first-order valence-electron chi connectivity index (χ1n) is 6.28. The molecule has 4 nitrogen and oxygen atoms in total. The summed E-state index contributed by atoms with van der Waals surface area (Å²) < 4.78 is 9.86. The Bertz CT molecular complexity index is 466. The number of carbonyl (C=O) groups excluding carboxylic acids is 1. The second-order valence-corrected chi connectivity index (χ2v) is 4.14. The smallest absolute Gasteiger partial charge is 0.333 e. The molecule has 0 saturated carbocycles. The van der Waals surface area contributed by atoms with Crippen molar-refractivity contribution in [1.82, 2.24) is 0 Å². The number of carbonyl (C=O) groups is 1. The van der Waals surface area contributed by atoms with E-state index >= 15 is 0 Å². The highest BCUT2D eigenvalue weighted by Crippen LogP contribution is 2.20. The molecule has 0 radical (unpaired) electrons. The molecule has 0 aliphatic rings. The third kappa shape index (κ3) is 4.32. The first kappa shape index (κ1) is 15.1. The van der Waals surface area contributed by atoms with E-state index in [0.717, 1.165) is 17.0 Å². The molecule has 104 valence electrons. The lowest BCUT2D eigenvalue weighted by Gasteiger charge is -2.10. The second-order valence-electron chi connectivity index (χ2n) is 4.14. The second kappa shape index (κ2) is 7.46. The molecule has 4 heteroatoms. The summed E-state index contributed by atoms with van der Waals surface area (Å²) in [6.45, 7) is 4.53. The molecule has 0 bridgehead atoms. The van der Waals surface area contributed by atoms with Crippen molar-refractivity contribution in [3.63, 3.8) is 0 Å². The highest BCUT2D eigenvalue weighted by atomic mass is 16.5. The molecule has 0 aliphatic carbocycles. The largest absolute Gasteiger partial charge is 0.497 e. The van der Waals surface area contributed by atoms with Crippen molar-refractivity contribution in [2.45, 2.75) is 20.3 Å². The molecule has 1 N–H and O–H groups in total. The van der Waals surface area contributed by atoms with Crippen LogP contribution in [0, 0.1) is 6.92 Å². The van der Waals surface area contributed by atoms with Crippen molar-refractivity contribution in [2.24, 2.45) is 0 Å². The summed E-state index contributed by atoms with van der Waals surface area (Å²) in [6.07, 6.45) is 2.52. The van der Waals surface area contributed by atoms with Gasteiger partial charge in [-0.15, -0.1) is 0 Å². The zero-order valence-corrected chi connectivity index (χ0v) is 11.9. The van der Waals surface area contributed by atoms with E-state index in [0.29, 0.717) is 18.5 Å². The van der Waals surface area contributed by atoms with Crippen molar-refractivity contribution in [3.8, 4) is 5.75 Å². The van der Waals surface area contributed by atoms with Gasteiger partial charge in [-0.3, -0.25) is 0 Å². The van der Waals surface area contributed by atoms with Gasteiger partial charge in [-0.25, -0.2) is 4.79 Å². The van der Waals surface area contributed by atoms with Crippen LogP contribution in [0.25, 0.3) is 0 Å². The van der Waals surface area contributed by atoms with Crippen LogP contribution in [0.4, 0.5) is 5.69 Å². The van der Waals surface area contributed by atoms with Gasteiger partial charge in [0.25, 0.3) is 0 Å². The topological polar surface area (TPSA) is 47.6 Å². The molecular formula is C15H21NO3. The fraction of sp³-hybridized carbons (Fsp3) is 0.400. The summed E-state index contributed by atoms with van der Waals surface area (Å²) in [5.41, 5.74) is 2.81. The average Bonchev–Trinajstić information content (AvgIpc) is 2.44. The predicted octanol–water partition coefficient (Wildman–Crippen LogP) is 2.92. The van der Waals surface area contributed by atoms with Gasteiger partial charge in [0.05, 0.1) is 14.2 Å². The summed E-state index contributed by atoms with van der Waals surface area (Å²) in [5.74, 6) is 0.568. The van der Waals surface area contributed by atoms with E-state index < -0.39 is 0 Å². The van der Waals surface area contributed by atoms with Crippen molar-refractivity contribution in [1.29, 1.82) is 0 Å². The maximum Gasteiger partial charge on any atom is 0.333 e. The van der Waals surface area contributed by atoms with Gasteiger partial charge in [-0.1, -0.05) is 13.0 Å². The van der Waals surface area contributed by atoms with E-state index in [1.807, 2.05) is 38.1 Å². The molecule has 0 unspecified atom stereocenters. The van der Waals surface area contributed by atoms with Crippen LogP contribution < -0.4 is 10.1 Å². The lowest BCUT2D eigenvalue weighted by molar-refractivity contribution is -0.136. The lowest BCUT2D eigenvalue weighted by atomic mass is 10.1. The Hall–Kier alpha value is -1.97. The molecule has 0 aliphatic heterocycles. The van der Waals surface area contributed by atoms with Gasteiger partial charge in [-0.05, 0) is 37.1 Å². The fourth-order valence-corrected chi connectivity index (χ4v) is 1.75. The third-order valence-corrected chi connectivity index (χ3v) is 2.90. The van der Waals surface area contributed by atoms with Gasteiger partial charge >= 0.3 is 5.97 Å². The van der Waals surface area contributed by atoms with Gasteiger partial charge in [0.15, 0.2) is 0 Å². The van der Waals surface area contributed by atoms with Crippen LogP contribution in [0.1, 0.15) is 18.9 Å². The number of benzene rings is 1. The van der Waals surface area contributed by atoms with Crippen LogP contribution in [-0.2, 0) is 9.53 Å². The first-order valence-corrected chi connectivity index (χ1v) is 6.28. The van der Waals surface area contributed by atoms with Crippen LogP contribution in [0.2, 0.25) is 0 Å². The van der Waals surface area contributed by atoms with Gasteiger partial charge in [0, 0.05) is 17.8 Å². The molecule has 0 saturated heterocycles. The Kier molecular flexibility index (Phi) is 5.93. The van der Waals surface area contributed by atoms with Crippen LogP contribution in [0.3, 0.4) is 0 Å². The Balaban J connectivity index is 2.66. The summed E-state index contributed by atoms with van der Waals surface area (Å²) in [6, 6.07) is 5.83. The van der Waals surface area contributed by atoms with E-state index in [-0.39, 0.29) is 5.97 Å². The van der Waals surface area contributed by atoms with E-state index in [9.17, 15) is 4.79 Å². The van der Waals surface area contributed by atoms with Crippen molar-refractivity contribution in [2.75, 3.05) is 26.1 Å². The number of esters is 1. The predicted molar refractivity (Wildman–Crippen MR) is 76.6 cm³/mol. The first-order chi connectivity index (χ1) is 9.12. The third-order valence-electron chi connectivity index (χ3n) is 2.90. The van der Waals surface area contributed by atoms with Crippen molar-refractivity contribution < 1.29 is 14.3 Å². The van der Waals surface area contributed by atoms with Gasteiger partial charge in [0.2, 0.25) is 0 Å². The average molecular weight is 263 g/mol. The summed E-state index contributed by atoms with van der Waals surface area (Å²) in [5, 5.41) is 3.27. The van der Waals surface area contributed by atoms with E-state index in [2.05, 4.69) is 5.32 Å². The molecule has 1 aromatic carbocycles. The number of aryl methyl sites for hydroxylation is 1. The normalized spacial score (nSPS) is 11.1. The van der Waals surface area contributed by atoms with Crippen molar-refractivity contribution >= 4 is 11.7 Å². The molecule has 0 spiro atoms. The van der Waals surface area contributed by atoms with E-state index in [1.165, 1.54) is 7.11 Å². The Labute approximate surface area is 114 Å². The molecule has 1 rings (SSSR count). The quantitative estimate of drug-likeness (QED) is 0.633. The zero-order valence-electron chi connectivity index (χ0n) is 11.9. The van der Waals surface area contributed by atoms with E-state index in [4.69, 9.17) is 9.47 Å². The highest BCUT2D eigenvalue weighted by molar-refractivity contribution is 5.88. The van der Waals surface area contributed by atoms with Crippen LogP contribution >= 0.6 is 0 Å².